The van der Waals surface area contributed by atoms with E-state index in [2.05, 4.69) is 23.8 Å². The minimum atomic E-state index is -0.605. The topological polar surface area (TPSA) is 73.2 Å². The Balaban J connectivity index is 1.94. The molecule has 0 radical (unpaired) electrons. The van der Waals surface area contributed by atoms with Crippen LogP contribution in [0, 0.1) is 12.8 Å². The number of aryl methyl sites for hydroxylation is 1. The van der Waals surface area contributed by atoms with Crippen LogP contribution in [0.2, 0.25) is 0 Å². The Morgan fingerprint density at radius 2 is 1.66 bits per heavy atom. The van der Waals surface area contributed by atoms with Crippen LogP contribution in [0.15, 0.2) is 53.6 Å². The van der Waals surface area contributed by atoms with Crippen molar-refractivity contribution in [2.24, 2.45) is 11.0 Å². The van der Waals surface area contributed by atoms with Gasteiger partial charge in [-0.15, -0.1) is 0 Å². The Morgan fingerprint density at radius 3 is 2.25 bits per heavy atom. The molecule has 0 saturated heterocycles. The summed E-state index contributed by atoms with van der Waals surface area (Å²) in [6.07, 6.45) is 4.22. The second-order valence-electron chi connectivity index (χ2n) is 8.38. The van der Waals surface area contributed by atoms with Crippen LogP contribution in [-0.2, 0) is 4.79 Å². The van der Waals surface area contributed by atoms with E-state index in [4.69, 9.17) is 0 Å². The third-order valence-electron chi connectivity index (χ3n) is 5.81. The van der Waals surface area contributed by atoms with E-state index >= 15 is 0 Å². The summed E-state index contributed by atoms with van der Waals surface area (Å²) >= 11 is 0. The molecule has 6 nitrogen and oxygen atoms in total. The third-order valence-corrected chi connectivity index (χ3v) is 5.81. The number of nitrogens with zero attached hydrogens (tertiary/aromatic N) is 3. The van der Waals surface area contributed by atoms with Gasteiger partial charge in [-0.1, -0.05) is 56.5 Å². The number of hydrazone groups is 1. The van der Waals surface area contributed by atoms with Gasteiger partial charge in [0.25, 0.3) is 11.8 Å². The number of unbranched alkanes of at least 4 members (excludes halogenated alkanes) is 2. The molecule has 1 heterocycles. The highest BCUT2D eigenvalue weighted by atomic mass is 16.3. The number of para-hydroxylation sites is 1. The van der Waals surface area contributed by atoms with Gasteiger partial charge in [0.2, 0.25) is 0 Å². The molecule has 2 amide bonds. The van der Waals surface area contributed by atoms with Crippen molar-refractivity contribution in [2.45, 2.75) is 46.5 Å². The van der Waals surface area contributed by atoms with E-state index in [-0.39, 0.29) is 11.7 Å². The normalized spacial score (nSPS) is 16.0. The summed E-state index contributed by atoms with van der Waals surface area (Å²) in [4.78, 5) is 28.9. The Morgan fingerprint density at radius 1 is 1.03 bits per heavy atom. The highest BCUT2D eigenvalue weighted by molar-refractivity contribution is 6.22. The van der Waals surface area contributed by atoms with Gasteiger partial charge < -0.3 is 10.0 Å². The van der Waals surface area contributed by atoms with Gasteiger partial charge in [-0.25, -0.2) is 0 Å². The molecule has 1 aliphatic rings. The number of hydrogen-bond acceptors (Lipinski definition) is 5. The van der Waals surface area contributed by atoms with E-state index in [9.17, 15) is 14.7 Å². The largest absolute Gasteiger partial charge is 0.507 e. The van der Waals surface area contributed by atoms with E-state index in [0.717, 1.165) is 49.3 Å². The zero-order valence-corrected chi connectivity index (χ0v) is 19.3. The maximum absolute atomic E-state index is 13.4. The van der Waals surface area contributed by atoms with Gasteiger partial charge in [0.05, 0.1) is 11.6 Å². The van der Waals surface area contributed by atoms with E-state index in [1.807, 2.05) is 19.1 Å². The molecular weight excluding hydrogens is 402 g/mol. The fourth-order valence-electron chi connectivity index (χ4n) is 3.87. The van der Waals surface area contributed by atoms with Gasteiger partial charge in [-0.05, 0) is 57.1 Å². The number of phenols is 1. The van der Waals surface area contributed by atoms with Gasteiger partial charge in [0.1, 0.15) is 5.75 Å². The Bertz CT molecular complexity index is 961. The first-order valence-corrected chi connectivity index (χ1v) is 11.5. The van der Waals surface area contributed by atoms with Crippen LogP contribution < -0.4 is 0 Å². The maximum Gasteiger partial charge on any atom is 0.281 e. The second-order valence-corrected chi connectivity index (χ2v) is 8.38. The number of imide groups is 1. The van der Waals surface area contributed by atoms with Crippen molar-refractivity contribution in [2.75, 3.05) is 19.6 Å². The van der Waals surface area contributed by atoms with Crippen molar-refractivity contribution in [3.63, 3.8) is 0 Å². The molecule has 2 aromatic rings. The lowest BCUT2D eigenvalue weighted by molar-refractivity contribution is -0.129. The maximum atomic E-state index is 13.4. The average molecular weight is 436 g/mol. The van der Waals surface area contributed by atoms with E-state index in [1.165, 1.54) is 0 Å². The molecule has 0 saturated carbocycles. The van der Waals surface area contributed by atoms with Crippen molar-refractivity contribution in [3.05, 3.63) is 65.2 Å². The van der Waals surface area contributed by atoms with Crippen LogP contribution in [0.5, 0.6) is 5.75 Å². The molecule has 0 bridgehead atoms. The number of hydrogen-bond donors (Lipinski definition) is 1. The van der Waals surface area contributed by atoms with Gasteiger partial charge in [0, 0.05) is 17.7 Å². The number of rotatable bonds is 10. The first-order chi connectivity index (χ1) is 15.5. The summed E-state index contributed by atoms with van der Waals surface area (Å²) in [6.45, 7) is 8.50. The Kier molecular flexibility index (Phi) is 8.17. The first kappa shape index (κ1) is 23.7. The van der Waals surface area contributed by atoms with E-state index in [1.54, 1.807) is 36.4 Å². The number of amides is 2. The molecule has 0 spiro atoms. The van der Waals surface area contributed by atoms with Crippen molar-refractivity contribution in [1.82, 2.24) is 9.91 Å². The fourth-order valence-corrected chi connectivity index (χ4v) is 3.87. The zero-order valence-electron chi connectivity index (χ0n) is 19.3. The minimum absolute atomic E-state index is 0.0577. The van der Waals surface area contributed by atoms with Crippen LogP contribution in [0.1, 0.15) is 61.0 Å². The standard InChI is InChI=1S/C26H33N3O3/c1-4-6-16-28(17-7-5-2)18-22-24(21-10-8-9-11-23(21)30)27-29(26(22)32)25(31)20-14-12-19(3)13-15-20/h8-15,22,30H,4-7,16-18H2,1-3H3/t22-/m1/s1. The third kappa shape index (κ3) is 5.43. The summed E-state index contributed by atoms with van der Waals surface area (Å²) < 4.78 is 0. The molecule has 1 N–H and O–H groups in total. The summed E-state index contributed by atoms with van der Waals surface area (Å²) in [5.74, 6) is -1.33. The molecule has 0 fully saturated rings. The van der Waals surface area contributed by atoms with Gasteiger partial charge >= 0.3 is 0 Å². The lowest BCUT2D eigenvalue weighted by Gasteiger charge is -2.25. The SMILES string of the molecule is CCCCN(CCCC)C[C@H]1C(=O)N(C(=O)c2ccc(C)cc2)N=C1c1ccccc1O. The highest BCUT2D eigenvalue weighted by Crippen LogP contribution is 2.28. The molecule has 2 aromatic carbocycles. The van der Waals surface area contributed by atoms with Crippen molar-refractivity contribution in [1.29, 1.82) is 0 Å². The Labute approximate surface area is 190 Å². The molecule has 32 heavy (non-hydrogen) atoms. The van der Waals surface area contributed by atoms with Crippen LogP contribution in [0.3, 0.4) is 0 Å². The quantitative estimate of drug-likeness (QED) is 0.553. The predicted octanol–water partition coefficient (Wildman–Crippen LogP) is 4.61. The second kappa shape index (κ2) is 11.0. The number of benzene rings is 2. The van der Waals surface area contributed by atoms with Crippen molar-refractivity contribution in [3.8, 4) is 5.75 Å². The van der Waals surface area contributed by atoms with Crippen LogP contribution in [-0.4, -0.2) is 52.2 Å². The number of carbonyl (C=O) groups is 2. The van der Waals surface area contributed by atoms with E-state index in [0.29, 0.717) is 23.4 Å². The van der Waals surface area contributed by atoms with Gasteiger partial charge in [-0.3, -0.25) is 9.59 Å². The average Bonchev–Trinajstić information content (AvgIpc) is 3.11. The lowest BCUT2D eigenvalue weighted by Crippen LogP contribution is -2.40. The van der Waals surface area contributed by atoms with Gasteiger partial charge in [-0.2, -0.15) is 10.1 Å². The van der Waals surface area contributed by atoms with Gasteiger partial charge in [0.15, 0.2) is 0 Å². The zero-order chi connectivity index (χ0) is 23.1. The lowest BCUT2D eigenvalue weighted by atomic mass is 9.95. The fraction of sp³-hybridized carbons (Fsp3) is 0.423. The molecule has 1 atom stereocenters. The summed E-state index contributed by atoms with van der Waals surface area (Å²) in [5, 5.41) is 15.9. The van der Waals surface area contributed by atoms with Crippen molar-refractivity contribution < 1.29 is 14.7 Å². The number of carbonyl (C=O) groups excluding carboxylic acids is 2. The monoisotopic (exact) mass is 435 g/mol. The van der Waals surface area contributed by atoms with E-state index < -0.39 is 11.8 Å². The molecular formula is C26H33N3O3. The Hall–Kier alpha value is -2.99. The first-order valence-electron chi connectivity index (χ1n) is 11.5. The smallest absolute Gasteiger partial charge is 0.281 e. The molecule has 1 aliphatic heterocycles. The highest BCUT2D eigenvalue weighted by Gasteiger charge is 2.41. The summed E-state index contributed by atoms with van der Waals surface area (Å²) in [7, 11) is 0. The molecule has 170 valence electrons. The molecule has 3 rings (SSSR count). The summed E-state index contributed by atoms with van der Waals surface area (Å²) in [6, 6.07) is 14.0. The van der Waals surface area contributed by atoms with Crippen LogP contribution in [0.25, 0.3) is 0 Å². The molecule has 0 unspecified atom stereocenters. The van der Waals surface area contributed by atoms with Crippen molar-refractivity contribution >= 4 is 17.5 Å². The number of phenolic OH excluding ortho intramolecular Hbond substituents is 1. The number of aromatic hydroxyl groups is 1. The predicted molar refractivity (Wildman–Crippen MR) is 127 cm³/mol. The summed E-state index contributed by atoms with van der Waals surface area (Å²) in [5.41, 5.74) is 2.40. The minimum Gasteiger partial charge on any atom is -0.507 e. The molecule has 0 aliphatic carbocycles. The molecule has 6 heteroatoms. The van der Waals surface area contributed by atoms with Crippen LogP contribution in [0.4, 0.5) is 0 Å². The van der Waals surface area contributed by atoms with Crippen LogP contribution >= 0.6 is 0 Å². The molecule has 0 aromatic heterocycles.